The van der Waals surface area contributed by atoms with Crippen molar-refractivity contribution in [3.63, 3.8) is 0 Å². The van der Waals surface area contributed by atoms with Crippen LogP contribution in [0.15, 0.2) is 18.2 Å². The standard InChI is InChI=1S/C16H23NO/c1-11-8-9-15(10-12(11)2)16(18)17-13(3)6-5-7-14(17)4/h8-10,13-14H,5-7H2,1-4H3. The van der Waals surface area contributed by atoms with Crippen LogP contribution in [0.1, 0.15) is 54.6 Å². The Kier molecular flexibility index (Phi) is 3.74. The number of rotatable bonds is 1. The topological polar surface area (TPSA) is 20.3 Å². The van der Waals surface area contributed by atoms with Crippen molar-refractivity contribution >= 4 is 5.91 Å². The molecule has 1 aliphatic heterocycles. The van der Waals surface area contributed by atoms with Crippen LogP contribution in [0.4, 0.5) is 0 Å². The number of nitrogens with zero attached hydrogens (tertiary/aromatic N) is 1. The van der Waals surface area contributed by atoms with Crippen molar-refractivity contribution in [2.45, 2.75) is 59.0 Å². The summed E-state index contributed by atoms with van der Waals surface area (Å²) in [5, 5.41) is 0. The van der Waals surface area contributed by atoms with E-state index in [0.29, 0.717) is 12.1 Å². The lowest BCUT2D eigenvalue weighted by atomic mass is 9.96. The van der Waals surface area contributed by atoms with E-state index in [-0.39, 0.29) is 5.91 Å². The summed E-state index contributed by atoms with van der Waals surface area (Å²) in [4.78, 5) is 14.7. The Labute approximate surface area is 110 Å². The maximum Gasteiger partial charge on any atom is 0.254 e. The Bertz CT molecular complexity index is 442. The molecule has 2 nitrogen and oxygen atoms in total. The van der Waals surface area contributed by atoms with Gasteiger partial charge in [-0.15, -0.1) is 0 Å². The third kappa shape index (κ3) is 2.43. The Morgan fingerprint density at radius 2 is 1.72 bits per heavy atom. The minimum absolute atomic E-state index is 0.192. The predicted molar refractivity (Wildman–Crippen MR) is 74.9 cm³/mol. The predicted octanol–water partition coefficient (Wildman–Crippen LogP) is 3.71. The van der Waals surface area contributed by atoms with E-state index in [1.165, 1.54) is 17.5 Å². The fraction of sp³-hybridized carbons (Fsp3) is 0.562. The lowest BCUT2D eigenvalue weighted by Crippen LogP contribution is -2.47. The zero-order valence-electron chi connectivity index (χ0n) is 11.9. The quantitative estimate of drug-likeness (QED) is 0.738. The Hall–Kier alpha value is -1.31. The van der Waals surface area contributed by atoms with Crippen LogP contribution in [-0.4, -0.2) is 22.9 Å². The molecular weight excluding hydrogens is 222 g/mol. The zero-order chi connectivity index (χ0) is 13.3. The van der Waals surface area contributed by atoms with Crippen molar-refractivity contribution in [1.82, 2.24) is 4.90 Å². The minimum Gasteiger partial charge on any atom is -0.333 e. The van der Waals surface area contributed by atoms with Crippen LogP contribution in [0.5, 0.6) is 0 Å². The fourth-order valence-electron chi connectivity index (χ4n) is 2.85. The highest BCUT2D eigenvalue weighted by atomic mass is 16.2. The second-order valence-corrected chi connectivity index (χ2v) is 5.64. The molecule has 18 heavy (non-hydrogen) atoms. The van der Waals surface area contributed by atoms with E-state index in [0.717, 1.165) is 18.4 Å². The van der Waals surface area contributed by atoms with Gasteiger partial charge in [0.15, 0.2) is 0 Å². The SMILES string of the molecule is Cc1ccc(C(=O)N2C(C)CCCC2C)cc1C. The van der Waals surface area contributed by atoms with Crippen LogP contribution in [0.3, 0.4) is 0 Å². The highest BCUT2D eigenvalue weighted by Gasteiger charge is 2.29. The summed E-state index contributed by atoms with van der Waals surface area (Å²) in [5.74, 6) is 0.192. The molecule has 1 saturated heterocycles. The molecule has 2 heteroatoms. The van der Waals surface area contributed by atoms with Crippen molar-refractivity contribution in [3.8, 4) is 0 Å². The van der Waals surface area contributed by atoms with Crippen LogP contribution >= 0.6 is 0 Å². The van der Waals surface area contributed by atoms with E-state index in [4.69, 9.17) is 0 Å². The normalized spacial score (nSPS) is 24.1. The van der Waals surface area contributed by atoms with E-state index < -0.39 is 0 Å². The van der Waals surface area contributed by atoms with Gasteiger partial charge in [0.2, 0.25) is 0 Å². The van der Waals surface area contributed by atoms with Gasteiger partial charge in [-0.2, -0.15) is 0 Å². The average Bonchev–Trinajstić information content (AvgIpc) is 2.32. The third-order valence-electron chi connectivity index (χ3n) is 4.18. The summed E-state index contributed by atoms with van der Waals surface area (Å²) in [6, 6.07) is 6.75. The third-order valence-corrected chi connectivity index (χ3v) is 4.18. The molecule has 0 aromatic heterocycles. The highest BCUT2D eigenvalue weighted by molar-refractivity contribution is 5.95. The number of likely N-dealkylation sites (tertiary alicyclic amines) is 1. The first-order valence-electron chi connectivity index (χ1n) is 6.90. The van der Waals surface area contributed by atoms with E-state index in [2.05, 4.69) is 32.6 Å². The molecule has 1 aliphatic rings. The molecule has 0 radical (unpaired) electrons. The largest absolute Gasteiger partial charge is 0.333 e. The Morgan fingerprint density at radius 1 is 1.11 bits per heavy atom. The Balaban J connectivity index is 2.26. The molecule has 1 amide bonds. The molecule has 1 fully saturated rings. The first-order valence-corrected chi connectivity index (χ1v) is 6.90. The number of benzene rings is 1. The van der Waals surface area contributed by atoms with Crippen LogP contribution < -0.4 is 0 Å². The monoisotopic (exact) mass is 245 g/mol. The first-order chi connectivity index (χ1) is 8.50. The molecule has 1 aromatic rings. The van der Waals surface area contributed by atoms with Gasteiger partial charge in [-0.25, -0.2) is 0 Å². The number of hydrogen-bond acceptors (Lipinski definition) is 1. The van der Waals surface area contributed by atoms with Crippen molar-refractivity contribution < 1.29 is 4.79 Å². The lowest BCUT2D eigenvalue weighted by Gasteiger charge is -2.39. The van der Waals surface area contributed by atoms with Crippen LogP contribution in [0, 0.1) is 13.8 Å². The molecule has 0 spiro atoms. The van der Waals surface area contributed by atoms with Crippen LogP contribution in [0.25, 0.3) is 0 Å². The Morgan fingerprint density at radius 3 is 2.28 bits per heavy atom. The van der Waals surface area contributed by atoms with Gasteiger partial charge in [0.1, 0.15) is 0 Å². The second-order valence-electron chi connectivity index (χ2n) is 5.64. The number of carbonyl (C=O) groups is 1. The molecular formula is C16H23NO. The molecule has 0 bridgehead atoms. The average molecular weight is 245 g/mol. The zero-order valence-corrected chi connectivity index (χ0v) is 11.9. The summed E-state index contributed by atoms with van der Waals surface area (Å²) in [5.41, 5.74) is 3.27. The van der Waals surface area contributed by atoms with E-state index in [9.17, 15) is 4.79 Å². The van der Waals surface area contributed by atoms with Gasteiger partial charge in [-0.3, -0.25) is 4.79 Å². The number of aryl methyl sites for hydroxylation is 2. The molecule has 0 saturated carbocycles. The molecule has 0 aliphatic carbocycles. The van der Waals surface area contributed by atoms with Crippen molar-refractivity contribution in [1.29, 1.82) is 0 Å². The molecule has 2 rings (SSSR count). The minimum atomic E-state index is 0.192. The van der Waals surface area contributed by atoms with Crippen molar-refractivity contribution in [3.05, 3.63) is 34.9 Å². The van der Waals surface area contributed by atoms with Crippen LogP contribution in [-0.2, 0) is 0 Å². The summed E-state index contributed by atoms with van der Waals surface area (Å²) >= 11 is 0. The maximum absolute atomic E-state index is 12.6. The molecule has 98 valence electrons. The second kappa shape index (κ2) is 5.13. The van der Waals surface area contributed by atoms with Gasteiger partial charge in [-0.05, 0) is 70.2 Å². The van der Waals surface area contributed by atoms with Gasteiger partial charge < -0.3 is 4.90 Å². The number of carbonyl (C=O) groups excluding carboxylic acids is 1. The van der Waals surface area contributed by atoms with Crippen molar-refractivity contribution in [2.75, 3.05) is 0 Å². The smallest absolute Gasteiger partial charge is 0.254 e. The summed E-state index contributed by atoms with van der Waals surface area (Å²) in [6.45, 7) is 8.47. The molecule has 1 aromatic carbocycles. The lowest BCUT2D eigenvalue weighted by molar-refractivity contribution is 0.0510. The van der Waals surface area contributed by atoms with Gasteiger partial charge in [0.05, 0.1) is 0 Å². The van der Waals surface area contributed by atoms with Gasteiger partial charge >= 0.3 is 0 Å². The van der Waals surface area contributed by atoms with Gasteiger partial charge in [-0.1, -0.05) is 6.07 Å². The summed E-state index contributed by atoms with van der Waals surface area (Å²) in [7, 11) is 0. The van der Waals surface area contributed by atoms with Gasteiger partial charge in [0.25, 0.3) is 5.91 Å². The summed E-state index contributed by atoms with van der Waals surface area (Å²) < 4.78 is 0. The number of amides is 1. The highest BCUT2D eigenvalue weighted by Crippen LogP contribution is 2.25. The van der Waals surface area contributed by atoms with E-state index >= 15 is 0 Å². The maximum atomic E-state index is 12.6. The number of hydrogen-bond donors (Lipinski definition) is 0. The van der Waals surface area contributed by atoms with E-state index in [1.807, 2.05) is 18.2 Å². The van der Waals surface area contributed by atoms with Gasteiger partial charge in [0, 0.05) is 17.6 Å². The summed E-state index contributed by atoms with van der Waals surface area (Å²) in [6.07, 6.45) is 3.49. The molecule has 2 unspecified atom stereocenters. The van der Waals surface area contributed by atoms with Crippen LogP contribution in [0.2, 0.25) is 0 Å². The van der Waals surface area contributed by atoms with Crippen molar-refractivity contribution in [2.24, 2.45) is 0 Å². The van der Waals surface area contributed by atoms with E-state index in [1.54, 1.807) is 0 Å². The first kappa shape index (κ1) is 13.1. The fourth-order valence-corrected chi connectivity index (χ4v) is 2.85. The molecule has 2 atom stereocenters. The molecule has 0 N–H and O–H groups in total. The molecule has 1 heterocycles. The number of piperidine rings is 1.